The number of pyridine rings is 1. The van der Waals surface area contributed by atoms with Gasteiger partial charge < -0.3 is 0 Å². The Balaban J connectivity index is 2.27. The smallest absolute Gasteiger partial charge is 0.151 e. The Kier molecular flexibility index (Phi) is 2.53. The predicted octanol–water partition coefficient (Wildman–Crippen LogP) is 2.50. The number of benzene rings is 1. The molecule has 2 heterocycles. The Bertz CT molecular complexity index is 720. The number of carbonyl (C=O) groups is 1. The van der Waals surface area contributed by atoms with E-state index in [0.717, 1.165) is 28.3 Å². The number of aldehydes is 1. The lowest BCUT2D eigenvalue weighted by Gasteiger charge is -2.05. The van der Waals surface area contributed by atoms with E-state index in [1.54, 1.807) is 18.5 Å². The van der Waals surface area contributed by atoms with Crippen LogP contribution in [0.1, 0.15) is 10.4 Å². The number of rotatable bonds is 2. The van der Waals surface area contributed by atoms with E-state index in [-0.39, 0.29) is 0 Å². The van der Waals surface area contributed by atoms with E-state index in [1.807, 2.05) is 18.2 Å². The van der Waals surface area contributed by atoms with Crippen LogP contribution in [0.5, 0.6) is 0 Å². The summed E-state index contributed by atoms with van der Waals surface area (Å²) in [6, 6.07) is 7.66. The summed E-state index contributed by atoms with van der Waals surface area (Å²) in [4.78, 5) is 23.1. The molecule has 0 spiro atoms. The standard InChI is InChI=1S/C14H9N3O/c18-8-10-4-12(7-15-5-10)13-3-1-2-11-6-16-9-17-14(11)13/h1-9H. The van der Waals surface area contributed by atoms with Crippen molar-refractivity contribution >= 4 is 17.2 Å². The Labute approximate surface area is 103 Å². The van der Waals surface area contributed by atoms with Gasteiger partial charge in [-0.15, -0.1) is 0 Å². The van der Waals surface area contributed by atoms with Gasteiger partial charge in [0.2, 0.25) is 0 Å². The van der Waals surface area contributed by atoms with Crippen molar-refractivity contribution in [2.75, 3.05) is 0 Å². The molecule has 0 N–H and O–H groups in total. The number of carbonyl (C=O) groups excluding carboxylic acids is 1. The molecular formula is C14H9N3O. The van der Waals surface area contributed by atoms with Crippen molar-refractivity contribution < 1.29 is 4.79 Å². The van der Waals surface area contributed by atoms with Gasteiger partial charge in [0.1, 0.15) is 6.33 Å². The first-order valence-electron chi connectivity index (χ1n) is 5.48. The van der Waals surface area contributed by atoms with Gasteiger partial charge in [0.25, 0.3) is 0 Å². The largest absolute Gasteiger partial charge is 0.298 e. The van der Waals surface area contributed by atoms with Crippen LogP contribution in [-0.4, -0.2) is 21.2 Å². The molecule has 3 rings (SSSR count). The highest BCUT2D eigenvalue weighted by molar-refractivity contribution is 5.93. The van der Waals surface area contributed by atoms with Gasteiger partial charge in [-0.2, -0.15) is 0 Å². The first kappa shape index (κ1) is 10.5. The Morgan fingerprint density at radius 1 is 1.06 bits per heavy atom. The third-order valence-corrected chi connectivity index (χ3v) is 2.74. The molecule has 2 aromatic heterocycles. The molecule has 18 heavy (non-hydrogen) atoms. The summed E-state index contributed by atoms with van der Waals surface area (Å²) in [5.74, 6) is 0. The van der Waals surface area contributed by atoms with Crippen LogP contribution in [0.15, 0.2) is 49.2 Å². The number of para-hydroxylation sites is 1. The molecule has 0 aliphatic carbocycles. The maximum atomic E-state index is 10.8. The van der Waals surface area contributed by atoms with Crippen molar-refractivity contribution in [3.63, 3.8) is 0 Å². The molecule has 4 heteroatoms. The van der Waals surface area contributed by atoms with E-state index in [2.05, 4.69) is 15.0 Å². The van der Waals surface area contributed by atoms with Gasteiger partial charge in [-0.05, 0) is 6.07 Å². The second-order valence-electron chi connectivity index (χ2n) is 3.89. The van der Waals surface area contributed by atoms with Crippen molar-refractivity contribution in [2.24, 2.45) is 0 Å². The first-order valence-corrected chi connectivity index (χ1v) is 5.48. The van der Waals surface area contributed by atoms with Crippen LogP contribution >= 0.6 is 0 Å². The molecular weight excluding hydrogens is 226 g/mol. The molecule has 0 radical (unpaired) electrons. The predicted molar refractivity (Wildman–Crippen MR) is 68.2 cm³/mol. The van der Waals surface area contributed by atoms with E-state index in [4.69, 9.17) is 0 Å². The summed E-state index contributed by atoms with van der Waals surface area (Å²) in [5, 5.41) is 0.964. The van der Waals surface area contributed by atoms with Crippen LogP contribution in [0.25, 0.3) is 22.0 Å². The minimum Gasteiger partial charge on any atom is -0.298 e. The molecule has 0 amide bonds. The highest BCUT2D eigenvalue weighted by Gasteiger charge is 2.05. The fourth-order valence-corrected chi connectivity index (χ4v) is 1.92. The zero-order chi connectivity index (χ0) is 12.4. The molecule has 0 atom stereocenters. The van der Waals surface area contributed by atoms with Crippen molar-refractivity contribution in [2.45, 2.75) is 0 Å². The summed E-state index contributed by atoms with van der Waals surface area (Å²) in [5.41, 5.74) is 3.24. The van der Waals surface area contributed by atoms with Crippen LogP contribution in [0.4, 0.5) is 0 Å². The SMILES string of the molecule is O=Cc1cncc(-c2cccc3cncnc23)c1. The number of nitrogens with zero attached hydrogens (tertiary/aromatic N) is 3. The number of fused-ring (bicyclic) bond motifs is 1. The van der Waals surface area contributed by atoms with Crippen LogP contribution in [0.2, 0.25) is 0 Å². The number of aromatic nitrogens is 3. The molecule has 4 nitrogen and oxygen atoms in total. The van der Waals surface area contributed by atoms with Gasteiger partial charge in [-0.3, -0.25) is 9.78 Å². The van der Waals surface area contributed by atoms with Gasteiger partial charge in [0, 0.05) is 40.7 Å². The van der Waals surface area contributed by atoms with Crippen LogP contribution in [0.3, 0.4) is 0 Å². The van der Waals surface area contributed by atoms with Crippen LogP contribution in [0, 0.1) is 0 Å². The molecule has 0 aliphatic rings. The lowest BCUT2D eigenvalue weighted by molar-refractivity contribution is 0.112. The van der Waals surface area contributed by atoms with Crippen molar-refractivity contribution in [1.82, 2.24) is 15.0 Å². The molecule has 0 aliphatic heterocycles. The summed E-state index contributed by atoms with van der Waals surface area (Å²) < 4.78 is 0. The monoisotopic (exact) mass is 235 g/mol. The molecule has 0 bridgehead atoms. The maximum absolute atomic E-state index is 10.8. The molecule has 1 aromatic carbocycles. The molecule has 0 fully saturated rings. The Morgan fingerprint density at radius 3 is 2.89 bits per heavy atom. The summed E-state index contributed by atoms with van der Waals surface area (Å²) in [6.07, 6.45) is 7.34. The second-order valence-corrected chi connectivity index (χ2v) is 3.89. The summed E-state index contributed by atoms with van der Waals surface area (Å²) in [7, 11) is 0. The van der Waals surface area contributed by atoms with Crippen molar-refractivity contribution in [3.05, 3.63) is 54.7 Å². The maximum Gasteiger partial charge on any atom is 0.151 e. The lowest BCUT2D eigenvalue weighted by Crippen LogP contribution is -1.89. The second kappa shape index (κ2) is 4.33. The summed E-state index contributed by atoms with van der Waals surface area (Å²) in [6.45, 7) is 0. The van der Waals surface area contributed by atoms with E-state index in [0.29, 0.717) is 5.56 Å². The van der Waals surface area contributed by atoms with Crippen LogP contribution < -0.4 is 0 Å². The van der Waals surface area contributed by atoms with E-state index in [9.17, 15) is 4.79 Å². The number of hydrogen-bond acceptors (Lipinski definition) is 4. The minimum absolute atomic E-state index is 0.554. The molecule has 0 saturated heterocycles. The highest BCUT2D eigenvalue weighted by atomic mass is 16.1. The quantitative estimate of drug-likeness (QED) is 0.640. The van der Waals surface area contributed by atoms with Gasteiger partial charge in [0.15, 0.2) is 6.29 Å². The normalized spacial score (nSPS) is 10.4. The van der Waals surface area contributed by atoms with Gasteiger partial charge in [-0.1, -0.05) is 18.2 Å². The molecule has 86 valence electrons. The summed E-state index contributed by atoms with van der Waals surface area (Å²) >= 11 is 0. The lowest BCUT2D eigenvalue weighted by atomic mass is 10.0. The average molecular weight is 235 g/mol. The first-order chi connectivity index (χ1) is 8.88. The average Bonchev–Trinajstić information content (AvgIpc) is 2.47. The Morgan fingerprint density at radius 2 is 2.00 bits per heavy atom. The van der Waals surface area contributed by atoms with Gasteiger partial charge in [0.05, 0.1) is 5.52 Å². The van der Waals surface area contributed by atoms with Gasteiger partial charge in [-0.25, -0.2) is 9.97 Å². The van der Waals surface area contributed by atoms with E-state index < -0.39 is 0 Å². The van der Waals surface area contributed by atoms with Crippen molar-refractivity contribution in [3.8, 4) is 11.1 Å². The topological polar surface area (TPSA) is 55.7 Å². The fourth-order valence-electron chi connectivity index (χ4n) is 1.92. The molecule has 3 aromatic rings. The van der Waals surface area contributed by atoms with E-state index >= 15 is 0 Å². The fraction of sp³-hybridized carbons (Fsp3) is 0. The molecule has 0 unspecified atom stereocenters. The van der Waals surface area contributed by atoms with Crippen molar-refractivity contribution in [1.29, 1.82) is 0 Å². The molecule has 0 saturated carbocycles. The third kappa shape index (κ3) is 1.73. The van der Waals surface area contributed by atoms with Gasteiger partial charge >= 0.3 is 0 Å². The minimum atomic E-state index is 0.554. The van der Waals surface area contributed by atoms with E-state index in [1.165, 1.54) is 12.5 Å². The third-order valence-electron chi connectivity index (χ3n) is 2.74. The zero-order valence-corrected chi connectivity index (χ0v) is 9.45. The zero-order valence-electron chi connectivity index (χ0n) is 9.45. The van der Waals surface area contributed by atoms with Crippen LogP contribution in [-0.2, 0) is 0 Å². The number of hydrogen-bond donors (Lipinski definition) is 0. The Hall–Kier alpha value is -2.62. The highest BCUT2D eigenvalue weighted by Crippen LogP contribution is 2.26.